The lowest BCUT2D eigenvalue weighted by atomic mass is 10.3. The lowest BCUT2D eigenvalue weighted by Crippen LogP contribution is -2.22. The molecule has 0 unspecified atom stereocenters. The number of nitrogens with one attached hydrogen (secondary N) is 1. The van der Waals surface area contributed by atoms with Gasteiger partial charge in [0.15, 0.2) is 0 Å². The van der Waals surface area contributed by atoms with Gasteiger partial charge >= 0.3 is 0 Å². The van der Waals surface area contributed by atoms with Crippen molar-refractivity contribution >= 4 is 25.5 Å². The van der Waals surface area contributed by atoms with Crippen LogP contribution in [0.5, 0.6) is 5.75 Å². The Hall–Kier alpha value is -1.28. The van der Waals surface area contributed by atoms with E-state index in [4.69, 9.17) is 5.11 Å². The van der Waals surface area contributed by atoms with Crippen molar-refractivity contribution in [3.05, 3.63) is 24.3 Å². The Labute approximate surface area is 100 Å². The van der Waals surface area contributed by atoms with Gasteiger partial charge in [0.05, 0.1) is 17.2 Å². The average Bonchev–Trinajstić information content (AvgIpc) is 2.13. The number of sulfone groups is 1. The van der Waals surface area contributed by atoms with E-state index in [9.17, 15) is 16.8 Å². The maximum absolute atomic E-state index is 11.5. The van der Waals surface area contributed by atoms with Crippen LogP contribution in [0.15, 0.2) is 24.3 Å². The first kappa shape index (κ1) is 13.8. The van der Waals surface area contributed by atoms with E-state index in [1.165, 1.54) is 24.3 Å². The van der Waals surface area contributed by atoms with Gasteiger partial charge in [-0.3, -0.25) is 4.72 Å². The summed E-state index contributed by atoms with van der Waals surface area (Å²) in [6.07, 6.45) is 0.969. The van der Waals surface area contributed by atoms with Gasteiger partial charge in [-0.15, -0.1) is 0 Å². The average molecular weight is 279 g/mol. The van der Waals surface area contributed by atoms with Crippen molar-refractivity contribution in [2.45, 2.75) is 0 Å². The molecule has 0 saturated heterocycles. The minimum absolute atomic E-state index is 0.0756. The van der Waals surface area contributed by atoms with Gasteiger partial charge < -0.3 is 5.11 Å². The van der Waals surface area contributed by atoms with Gasteiger partial charge in [-0.05, 0) is 12.1 Å². The molecule has 1 rings (SSSR count). The highest BCUT2D eigenvalue weighted by molar-refractivity contribution is 7.95. The normalized spacial score (nSPS) is 12.3. The molecule has 2 N–H and O–H groups in total. The summed E-state index contributed by atoms with van der Waals surface area (Å²) in [4.78, 5) is 0. The van der Waals surface area contributed by atoms with Crippen molar-refractivity contribution in [1.82, 2.24) is 0 Å². The third kappa shape index (κ3) is 5.55. The number of anilines is 1. The number of benzene rings is 1. The Morgan fingerprint density at radius 3 is 2.35 bits per heavy atom. The van der Waals surface area contributed by atoms with Gasteiger partial charge in [-0.25, -0.2) is 16.8 Å². The minimum Gasteiger partial charge on any atom is -0.508 e. The van der Waals surface area contributed by atoms with Gasteiger partial charge in [-0.2, -0.15) is 0 Å². The van der Waals surface area contributed by atoms with Crippen molar-refractivity contribution in [2.24, 2.45) is 0 Å². The summed E-state index contributed by atoms with van der Waals surface area (Å²) in [7, 11) is -7.05. The van der Waals surface area contributed by atoms with Crippen LogP contribution in [0.3, 0.4) is 0 Å². The zero-order chi connectivity index (χ0) is 13.1. The summed E-state index contributed by atoms with van der Waals surface area (Å²) < 4.78 is 46.9. The number of phenolic OH excluding ortho intramolecular Hbond substituents is 1. The summed E-state index contributed by atoms with van der Waals surface area (Å²) in [5, 5.41) is 9.14. The second-order valence-corrected chi connectivity index (χ2v) is 7.70. The molecule has 0 heterocycles. The number of phenols is 1. The molecular formula is C9H13NO5S2. The molecule has 0 atom stereocenters. The number of hydrogen-bond donors (Lipinski definition) is 2. The number of hydrogen-bond acceptors (Lipinski definition) is 5. The zero-order valence-corrected chi connectivity index (χ0v) is 10.8. The molecule has 1 aromatic rings. The summed E-state index contributed by atoms with van der Waals surface area (Å²) in [6.45, 7) is 0. The molecule has 0 spiro atoms. The molecule has 0 radical (unpaired) electrons. The molecule has 0 bridgehead atoms. The van der Waals surface area contributed by atoms with E-state index in [0.29, 0.717) is 0 Å². The monoisotopic (exact) mass is 279 g/mol. The standard InChI is InChI=1S/C9H13NO5S2/c1-16(12,13)5-6-17(14,15)10-8-3-2-4-9(11)7-8/h2-4,7,10-11H,5-6H2,1H3. The van der Waals surface area contributed by atoms with Gasteiger partial charge in [0.1, 0.15) is 15.6 Å². The summed E-state index contributed by atoms with van der Waals surface area (Å²) in [5.74, 6) is -1.03. The largest absolute Gasteiger partial charge is 0.508 e. The van der Waals surface area contributed by atoms with Crippen molar-refractivity contribution in [3.8, 4) is 5.75 Å². The molecule has 0 amide bonds. The fraction of sp³-hybridized carbons (Fsp3) is 0.333. The van der Waals surface area contributed by atoms with Crippen LogP contribution in [0.1, 0.15) is 0 Å². The first-order valence-corrected chi connectivity index (χ1v) is 8.36. The zero-order valence-electron chi connectivity index (χ0n) is 9.12. The first-order valence-electron chi connectivity index (χ1n) is 4.65. The Morgan fingerprint density at radius 2 is 1.82 bits per heavy atom. The maximum Gasteiger partial charge on any atom is 0.233 e. The maximum atomic E-state index is 11.5. The summed E-state index contributed by atoms with van der Waals surface area (Å²) in [6, 6.07) is 5.56. The summed E-state index contributed by atoms with van der Waals surface area (Å²) >= 11 is 0. The minimum atomic E-state index is -3.72. The Kier molecular flexibility index (Phi) is 3.99. The molecule has 6 nitrogen and oxygen atoms in total. The highest BCUT2D eigenvalue weighted by atomic mass is 32.2. The SMILES string of the molecule is CS(=O)(=O)CCS(=O)(=O)Nc1cccc(O)c1. The van der Waals surface area contributed by atoms with Crippen LogP contribution in [0, 0.1) is 0 Å². The fourth-order valence-electron chi connectivity index (χ4n) is 1.06. The van der Waals surface area contributed by atoms with Crippen LogP contribution in [0.4, 0.5) is 5.69 Å². The molecule has 0 fully saturated rings. The topological polar surface area (TPSA) is 101 Å². The molecule has 0 saturated carbocycles. The van der Waals surface area contributed by atoms with Crippen LogP contribution < -0.4 is 4.72 Å². The predicted molar refractivity (Wildman–Crippen MR) is 65.2 cm³/mol. The molecule has 17 heavy (non-hydrogen) atoms. The van der Waals surface area contributed by atoms with Crippen molar-refractivity contribution in [2.75, 3.05) is 22.5 Å². The molecule has 0 aliphatic carbocycles. The van der Waals surface area contributed by atoms with Gasteiger partial charge in [0.25, 0.3) is 0 Å². The molecule has 96 valence electrons. The van der Waals surface area contributed by atoms with Crippen LogP contribution in [-0.2, 0) is 19.9 Å². The Balaban J connectivity index is 2.74. The van der Waals surface area contributed by atoms with Gasteiger partial charge in [0.2, 0.25) is 10.0 Å². The number of sulfonamides is 1. The molecule has 0 aliphatic rings. The highest BCUT2D eigenvalue weighted by Crippen LogP contribution is 2.16. The van der Waals surface area contributed by atoms with E-state index in [0.717, 1.165) is 6.26 Å². The quantitative estimate of drug-likeness (QED) is 0.800. The Morgan fingerprint density at radius 1 is 1.18 bits per heavy atom. The number of rotatable bonds is 5. The molecule has 0 aromatic heterocycles. The van der Waals surface area contributed by atoms with Crippen LogP contribution in [0.2, 0.25) is 0 Å². The van der Waals surface area contributed by atoms with E-state index in [2.05, 4.69) is 4.72 Å². The van der Waals surface area contributed by atoms with Gasteiger partial charge in [-0.1, -0.05) is 6.07 Å². The van der Waals surface area contributed by atoms with E-state index in [-0.39, 0.29) is 11.4 Å². The molecule has 0 aliphatic heterocycles. The predicted octanol–water partition coefficient (Wildman–Crippen LogP) is 0.178. The molecule has 1 aromatic carbocycles. The highest BCUT2D eigenvalue weighted by Gasteiger charge is 2.14. The second kappa shape index (κ2) is 4.92. The third-order valence-electron chi connectivity index (χ3n) is 1.84. The van der Waals surface area contributed by atoms with Crippen molar-refractivity contribution < 1.29 is 21.9 Å². The van der Waals surface area contributed by atoms with Crippen LogP contribution >= 0.6 is 0 Å². The van der Waals surface area contributed by atoms with Crippen molar-refractivity contribution in [3.63, 3.8) is 0 Å². The lowest BCUT2D eigenvalue weighted by Gasteiger charge is -2.07. The summed E-state index contributed by atoms with van der Waals surface area (Å²) in [5.41, 5.74) is 0.193. The van der Waals surface area contributed by atoms with E-state index in [1.54, 1.807) is 0 Å². The van der Waals surface area contributed by atoms with E-state index in [1.807, 2.05) is 0 Å². The van der Waals surface area contributed by atoms with Crippen LogP contribution in [-0.4, -0.2) is 39.7 Å². The third-order valence-corrected chi connectivity index (χ3v) is 4.33. The number of aromatic hydroxyl groups is 1. The van der Waals surface area contributed by atoms with Crippen molar-refractivity contribution in [1.29, 1.82) is 0 Å². The Bertz CT molecular complexity index is 592. The first-order chi connectivity index (χ1) is 7.68. The van der Waals surface area contributed by atoms with E-state index < -0.39 is 31.4 Å². The second-order valence-electron chi connectivity index (χ2n) is 3.60. The lowest BCUT2D eigenvalue weighted by molar-refractivity contribution is 0.475. The van der Waals surface area contributed by atoms with E-state index >= 15 is 0 Å². The molecular weight excluding hydrogens is 266 g/mol. The fourth-order valence-corrected chi connectivity index (χ4v) is 3.74. The van der Waals surface area contributed by atoms with Gasteiger partial charge in [0, 0.05) is 12.3 Å². The molecule has 8 heteroatoms. The van der Waals surface area contributed by atoms with Crippen LogP contribution in [0.25, 0.3) is 0 Å². The smallest absolute Gasteiger partial charge is 0.233 e.